The fraction of sp³-hybridized carbons (Fsp3) is 0.381. The van der Waals surface area contributed by atoms with Crippen LogP contribution in [0.3, 0.4) is 0 Å². The van der Waals surface area contributed by atoms with E-state index in [-0.39, 0.29) is 21.7 Å². The molecule has 0 aromatic heterocycles. The van der Waals surface area contributed by atoms with Gasteiger partial charge in [0.05, 0.1) is 0 Å². The molecule has 0 spiro atoms. The van der Waals surface area contributed by atoms with Gasteiger partial charge >= 0.3 is 0 Å². The molecule has 0 saturated carbocycles. The molecule has 0 unspecified atom stereocenters. The summed E-state index contributed by atoms with van der Waals surface area (Å²) in [4.78, 5) is 0. The Kier molecular flexibility index (Phi) is 5.92. The summed E-state index contributed by atoms with van der Waals surface area (Å²) in [7, 11) is 0. The molecule has 5 aromatic rings. The van der Waals surface area contributed by atoms with Crippen LogP contribution in [0.5, 0.6) is 0 Å². The van der Waals surface area contributed by atoms with Gasteiger partial charge in [-0.3, -0.25) is 0 Å². The van der Waals surface area contributed by atoms with E-state index in [4.69, 9.17) is 0 Å². The van der Waals surface area contributed by atoms with Crippen LogP contribution in [0.4, 0.5) is 0 Å². The molecule has 42 heavy (non-hydrogen) atoms. The number of fused-ring (bicyclic) bond motifs is 4. The minimum atomic E-state index is 0.177. The van der Waals surface area contributed by atoms with E-state index in [0.29, 0.717) is 0 Å². The Labute approximate surface area is 253 Å². The van der Waals surface area contributed by atoms with Gasteiger partial charge in [0.2, 0.25) is 0 Å². The summed E-state index contributed by atoms with van der Waals surface area (Å²) >= 11 is 0. The molecule has 0 saturated heterocycles. The highest BCUT2D eigenvalue weighted by Crippen LogP contribution is 2.51. The van der Waals surface area contributed by atoms with Crippen molar-refractivity contribution in [2.75, 3.05) is 0 Å². The number of rotatable bonds is 2. The van der Waals surface area contributed by atoms with Crippen LogP contribution in [0.15, 0.2) is 84.9 Å². The molecule has 0 atom stereocenters. The summed E-state index contributed by atoms with van der Waals surface area (Å²) < 4.78 is 0. The van der Waals surface area contributed by atoms with Gasteiger partial charge in [-0.1, -0.05) is 140 Å². The molecule has 0 fully saturated rings. The van der Waals surface area contributed by atoms with Gasteiger partial charge in [-0.05, 0) is 113 Å². The maximum atomic E-state index is 2.54. The molecule has 0 aliphatic heterocycles. The molecule has 0 heteroatoms. The van der Waals surface area contributed by atoms with Crippen LogP contribution in [-0.4, -0.2) is 0 Å². The summed E-state index contributed by atoms with van der Waals surface area (Å²) in [5.41, 5.74) is 12.3. The van der Waals surface area contributed by atoms with Crippen LogP contribution in [0.25, 0.3) is 43.8 Å². The highest BCUT2D eigenvalue weighted by molar-refractivity contribution is 6.21. The molecule has 0 nitrogen and oxygen atoms in total. The van der Waals surface area contributed by atoms with Crippen molar-refractivity contribution in [2.45, 2.75) is 103 Å². The van der Waals surface area contributed by atoms with E-state index in [1.54, 1.807) is 0 Å². The zero-order valence-electron chi connectivity index (χ0n) is 26.9. The minimum Gasteiger partial charge on any atom is -0.0616 e. The molecule has 214 valence electrons. The fourth-order valence-corrected chi connectivity index (χ4v) is 8.24. The average Bonchev–Trinajstić information content (AvgIpc) is 2.96. The van der Waals surface area contributed by atoms with Gasteiger partial charge in [0.25, 0.3) is 0 Å². The SMILES string of the molecule is CC1(C)CCC(C)(C)c2cc(-c3c4ccccc4c(-c4ccc5c(c4)C(C)(C)CCC5(C)C)c4ccccc34)ccc21. The molecule has 0 N–H and O–H groups in total. The second kappa shape index (κ2) is 9.06. The second-order valence-electron chi connectivity index (χ2n) is 15.9. The third-order valence-corrected chi connectivity index (χ3v) is 11.2. The standard InChI is InChI=1S/C42H46/c1-39(2)21-23-41(5,6)35-25-27(17-19-33(35)39)37-29-13-9-11-15-31(29)38(32-16-12-10-14-30(32)37)28-18-20-34-36(26-28)42(7,8)24-22-40(34,3)4/h9-20,25-26H,21-24H2,1-8H3. The fourth-order valence-electron chi connectivity index (χ4n) is 8.24. The summed E-state index contributed by atoms with van der Waals surface area (Å²) in [5.74, 6) is 0. The van der Waals surface area contributed by atoms with E-state index in [1.807, 2.05) is 0 Å². The zero-order valence-corrected chi connectivity index (χ0v) is 26.9. The van der Waals surface area contributed by atoms with Crippen molar-refractivity contribution in [3.8, 4) is 22.3 Å². The van der Waals surface area contributed by atoms with Crippen LogP contribution in [0.1, 0.15) is 103 Å². The van der Waals surface area contributed by atoms with Crippen molar-refractivity contribution in [3.05, 3.63) is 107 Å². The first-order valence-electron chi connectivity index (χ1n) is 16.0. The van der Waals surface area contributed by atoms with Gasteiger partial charge in [0.1, 0.15) is 0 Å². The van der Waals surface area contributed by atoms with Gasteiger partial charge in [-0.2, -0.15) is 0 Å². The maximum absolute atomic E-state index is 2.54. The average molecular weight is 551 g/mol. The van der Waals surface area contributed by atoms with Crippen molar-refractivity contribution in [3.63, 3.8) is 0 Å². The van der Waals surface area contributed by atoms with Gasteiger partial charge in [-0.15, -0.1) is 0 Å². The van der Waals surface area contributed by atoms with Crippen molar-refractivity contribution >= 4 is 21.5 Å². The topological polar surface area (TPSA) is 0 Å². The van der Waals surface area contributed by atoms with Crippen LogP contribution >= 0.6 is 0 Å². The van der Waals surface area contributed by atoms with Crippen molar-refractivity contribution in [1.82, 2.24) is 0 Å². The van der Waals surface area contributed by atoms with Crippen molar-refractivity contribution < 1.29 is 0 Å². The number of hydrogen-bond donors (Lipinski definition) is 0. The Balaban J connectivity index is 1.53. The molecule has 0 amide bonds. The molecule has 0 heterocycles. The van der Waals surface area contributed by atoms with E-state index in [2.05, 4.69) is 140 Å². The Morgan fingerprint density at radius 1 is 0.357 bits per heavy atom. The van der Waals surface area contributed by atoms with Crippen LogP contribution in [0.2, 0.25) is 0 Å². The quantitative estimate of drug-likeness (QED) is 0.192. The maximum Gasteiger partial charge on any atom is -0.00263 e. The number of benzene rings is 5. The first-order chi connectivity index (χ1) is 19.8. The van der Waals surface area contributed by atoms with E-state index in [9.17, 15) is 0 Å². The number of hydrogen-bond acceptors (Lipinski definition) is 0. The van der Waals surface area contributed by atoms with Crippen LogP contribution < -0.4 is 0 Å². The Hall–Kier alpha value is -3.38. The van der Waals surface area contributed by atoms with E-state index >= 15 is 0 Å². The van der Waals surface area contributed by atoms with E-state index in [0.717, 1.165) is 0 Å². The lowest BCUT2D eigenvalue weighted by atomic mass is 9.62. The summed E-state index contributed by atoms with van der Waals surface area (Å²) in [6.07, 6.45) is 4.92. The van der Waals surface area contributed by atoms with Crippen LogP contribution in [-0.2, 0) is 21.7 Å². The normalized spacial score (nSPS) is 19.8. The van der Waals surface area contributed by atoms with Crippen molar-refractivity contribution in [2.24, 2.45) is 0 Å². The van der Waals surface area contributed by atoms with Gasteiger partial charge < -0.3 is 0 Å². The Morgan fingerprint density at radius 2 is 0.643 bits per heavy atom. The Morgan fingerprint density at radius 3 is 0.952 bits per heavy atom. The zero-order chi connectivity index (χ0) is 29.7. The molecular weight excluding hydrogens is 504 g/mol. The molecule has 2 aliphatic carbocycles. The third-order valence-electron chi connectivity index (χ3n) is 11.2. The second-order valence-corrected chi connectivity index (χ2v) is 15.9. The third kappa shape index (κ3) is 4.09. The van der Waals surface area contributed by atoms with Gasteiger partial charge in [0.15, 0.2) is 0 Å². The molecule has 5 aromatic carbocycles. The van der Waals surface area contributed by atoms with Crippen molar-refractivity contribution in [1.29, 1.82) is 0 Å². The summed E-state index contributed by atoms with van der Waals surface area (Å²) in [5, 5.41) is 5.38. The highest BCUT2D eigenvalue weighted by atomic mass is 14.4. The smallest absolute Gasteiger partial charge is 0.00263 e. The highest BCUT2D eigenvalue weighted by Gasteiger charge is 2.38. The monoisotopic (exact) mass is 550 g/mol. The predicted octanol–water partition coefficient (Wildman–Crippen LogP) is 12.0. The van der Waals surface area contributed by atoms with Gasteiger partial charge in [0, 0.05) is 0 Å². The summed E-state index contributed by atoms with van der Waals surface area (Å²) in [6.45, 7) is 19.4. The lowest BCUT2D eigenvalue weighted by molar-refractivity contribution is 0.332. The largest absolute Gasteiger partial charge is 0.0616 e. The van der Waals surface area contributed by atoms with Crippen LogP contribution in [0, 0.1) is 0 Å². The molecule has 2 aliphatic rings. The lowest BCUT2D eigenvalue weighted by Crippen LogP contribution is -2.33. The predicted molar refractivity (Wildman–Crippen MR) is 183 cm³/mol. The molecule has 0 radical (unpaired) electrons. The van der Waals surface area contributed by atoms with Gasteiger partial charge in [-0.25, -0.2) is 0 Å². The summed E-state index contributed by atoms with van der Waals surface area (Å²) in [6, 6.07) is 33.0. The minimum absolute atomic E-state index is 0.177. The molecular formula is C42H46. The van der Waals surface area contributed by atoms with E-state index < -0.39 is 0 Å². The molecule has 0 bridgehead atoms. The first-order valence-corrected chi connectivity index (χ1v) is 16.0. The van der Waals surface area contributed by atoms with E-state index in [1.165, 1.54) is 91.7 Å². The molecule has 7 rings (SSSR count). The Bertz CT molecular complexity index is 1680. The first kappa shape index (κ1) is 27.5. The lowest BCUT2D eigenvalue weighted by Gasteiger charge is -2.42.